The van der Waals surface area contributed by atoms with Crippen LogP contribution in [0.25, 0.3) is 0 Å². The second kappa shape index (κ2) is 3.97. The van der Waals surface area contributed by atoms with E-state index in [1.807, 2.05) is 0 Å². The van der Waals surface area contributed by atoms with Gasteiger partial charge < -0.3 is 4.90 Å². The third-order valence-corrected chi connectivity index (χ3v) is 2.22. The van der Waals surface area contributed by atoms with E-state index >= 15 is 0 Å². The minimum absolute atomic E-state index is 0.876. The van der Waals surface area contributed by atoms with Crippen molar-refractivity contribution in [3.05, 3.63) is 0 Å². The molecule has 1 heteroatoms. The minimum Gasteiger partial charge on any atom is -0.303 e. The molecule has 0 aliphatic carbocycles. The van der Waals surface area contributed by atoms with Gasteiger partial charge in [-0.3, -0.25) is 0 Å². The first-order valence-electron chi connectivity index (χ1n) is 4.51. The van der Waals surface area contributed by atoms with Crippen LogP contribution in [0.2, 0.25) is 0 Å². The molecule has 0 atom stereocenters. The first-order chi connectivity index (χ1) is 4.79. The molecule has 0 N–H and O–H groups in total. The zero-order chi connectivity index (χ0) is 7.40. The van der Waals surface area contributed by atoms with Crippen LogP contribution in [0.15, 0.2) is 0 Å². The minimum atomic E-state index is 0.876. The second-order valence-corrected chi connectivity index (χ2v) is 3.73. The van der Waals surface area contributed by atoms with Gasteiger partial charge in [0.25, 0.3) is 0 Å². The average molecular weight is 141 g/mol. The van der Waals surface area contributed by atoms with Crippen molar-refractivity contribution in [3.8, 4) is 0 Å². The van der Waals surface area contributed by atoms with Crippen molar-refractivity contribution in [2.75, 3.05) is 19.6 Å². The van der Waals surface area contributed by atoms with Crippen LogP contribution in [-0.2, 0) is 0 Å². The lowest BCUT2D eigenvalue weighted by Crippen LogP contribution is -2.21. The van der Waals surface area contributed by atoms with E-state index in [0.29, 0.717) is 0 Å². The topological polar surface area (TPSA) is 3.24 Å². The predicted molar refractivity (Wildman–Crippen MR) is 45.1 cm³/mol. The van der Waals surface area contributed by atoms with Crippen LogP contribution in [0.3, 0.4) is 0 Å². The first-order valence-corrected chi connectivity index (χ1v) is 4.51. The molecule has 0 amide bonds. The van der Waals surface area contributed by atoms with E-state index in [-0.39, 0.29) is 0 Å². The van der Waals surface area contributed by atoms with Gasteiger partial charge in [-0.1, -0.05) is 13.8 Å². The zero-order valence-electron chi connectivity index (χ0n) is 7.27. The normalized spacial score (nSPS) is 20.7. The molecule has 0 spiro atoms. The lowest BCUT2D eigenvalue weighted by Gasteiger charge is -2.15. The Kier molecular flexibility index (Phi) is 3.20. The highest BCUT2D eigenvalue weighted by Gasteiger charge is 2.10. The summed E-state index contributed by atoms with van der Waals surface area (Å²) in [7, 11) is 0. The third kappa shape index (κ3) is 2.70. The molecular formula is C9H19N. The number of hydrogen-bond donors (Lipinski definition) is 0. The van der Waals surface area contributed by atoms with Crippen molar-refractivity contribution in [2.24, 2.45) is 5.92 Å². The average Bonchev–Trinajstić information content (AvgIpc) is 2.34. The molecule has 1 aliphatic rings. The van der Waals surface area contributed by atoms with Crippen molar-refractivity contribution >= 4 is 0 Å². The van der Waals surface area contributed by atoms with Crippen LogP contribution in [0.5, 0.6) is 0 Å². The van der Waals surface area contributed by atoms with Gasteiger partial charge in [0.1, 0.15) is 0 Å². The lowest BCUT2D eigenvalue weighted by atomic mass is 10.1. The third-order valence-electron chi connectivity index (χ3n) is 2.22. The van der Waals surface area contributed by atoms with Gasteiger partial charge in [0.15, 0.2) is 0 Å². The highest BCUT2D eigenvalue weighted by atomic mass is 15.1. The Morgan fingerprint density at radius 1 is 1.20 bits per heavy atom. The molecule has 0 bridgehead atoms. The van der Waals surface area contributed by atoms with Gasteiger partial charge in [0, 0.05) is 0 Å². The fourth-order valence-corrected chi connectivity index (χ4v) is 1.45. The maximum absolute atomic E-state index is 2.58. The lowest BCUT2D eigenvalue weighted by molar-refractivity contribution is 0.314. The molecule has 0 saturated carbocycles. The molecule has 0 aromatic carbocycles. The molecule has 1 rings (SSSR count). The Morgan fingerprint density at radius 3 is 2.30 bits per heavy atom. The van der Waals surface area contributed by atoms with Crippen LogP contribution in [0.1, 0.15) is 33.1 Å². The molecule has 0 aromatic rings. The maximum Gasteiger partial charge on any atom is -0.00163 e. The second-order valence-electron chi connectivity index (χ2n) is 3.73. The molecule has 0 radical (unpaired) electrons. The Labute approximate surface area is 64.4 Å². The standard InChI is InChI=1S/C9H19N/c1-9(2)5-8-10-6-3-4-7-10/h9H,3-8H2,1-2H3. The number of rotatable bonds is 3. The summed E-state index contributed by atoms with van der Waals surface area (Å²) in [6.45, 7) is 8.64. The molecular weight excluding hydrogens is 122 g/mol. The molecule has 1 fully saturated rings. The van der Waals surface area contributed by atoms with E-state index < -0.39 is 0 Å². The summed E-state index contributed by atoms with van der Waals surface area (Å²) in [5.41, 5.74) is 0. The van der Waals surface area contributed by atoms with Crippen LogP contribution < -0.4 is 0 Å². The predicted octanol–water partition coefficient (Wildman–Crippen LogP) is 2.13. The molecule has 60 valence electrons. The fraction of sp³-hybridized carbons (Fsp3) is 1.00. The summed E-state index contributed by atoms with van der Waals surface area (Å²) in [5.74, 6) is 0.876. The molecule has 1 aliphatic heterocycles. The SMILES string of the molecule is CC(C)CCN1CCCC1. The van der Waals surface area contributed by atoms with E-state index in [4.69, 9.17) is 0 Å². The summed E-state index contributed by atoms with van der Waals surface area (Å²) in [5, 5.41) is 0. The fourth-order valence-electron chi connectivity index (χ4n) is 1.45. The number of nitrogens with zero attached hydrogens (tertiary/aromatic N) is 1. The van der Waals surface area contributed by atoms with Crippen LogP contribution >= 0.6 is 0 Å². The maximum atomic E-state index is 2.58. The Bertz CT molecular complexity index is 82.7. The molecule has 1 nitrogen and oxygen atoms in total. The molecule has 1 saturated heterocycles. The summed E-state index contributed by atoms with van der Waals surface area (Å²) in [6.07, 6.45) is 4.23. The van der Waals surface area contributed by atoms with Crippen LogP contribution in [-0.4, -0.2) is 24.5 Å². The molecule has 0 unspecified atom stereocenters. The van der Waals surface area contributed by atoms with Crippen molar-refractivity contribution in [1.82, 2.24) is 4.90 Å². The Hall–Kier alpha value is -0.0400. The van der Waals surface area contributed by atoms with E-state index in [2.05, 4.69) is 18.7 Å². The van der Waals surface area contributed by atoms with Crippen molar-refractivity contribution in [2.45, 2.75) is 33.1 Å². The Morgan fingerprint density at radius 2 is 1.80 bits per heavy atom. The molecule has 10 heavy (non-hydrogen) atoms. The summed E-state index contributed by atoms with van der Waals surface area (Å²) in [4.78, 5) is 2.58. The van der Waals surface area contributed by atoms with E-state index in [0.717, 1.165) is 5.92 Å². The van der Waals surface area contributed by atoms with Crippen molar-refractivity contribution in [3.63, 3.8) is 0 Å². The smallest absolute Gasteiger partial charge is 0.00163 e. The molecule has 0 aromatic heterocycles. The van der Waals surface area contributed by atoms with E-state index in [9.17, 15) is 0 Å². The summed E-state index contributed by atoms with van der Waals surface area (Å²) in [6, 6.07) is 0. The number of hydrogen-bond acceptors (Lipinski definition) is 1. The number of likely N-dealkylation sites (tertiary alicyclic amines) is 1. The first kappa shape index (κ1) is 8.06. The van der Waals surface area contributed by atoms with E-state index in [1.54, 1.807) is 0 Å². The highest BCUT2D eigenvalue weighted by Crippen LogP contribution is 2.09. The largest absolute Gasteiger partial charge is 0.303 e. The zero-order valence-corrected chi connectivity index (χ0v) is 7.27. The molecule has 1 heterocycles. The summed E-state index contributed by atoms with van der Waals surface area (Å²) >= 11 is 0. The highest BCUT2D eigenvalue weighted by molar-refractivity contribution is 4.65. The van der Waals surface area contributed by atoms with Gasteiger partial charge in [-0.2, -0.15) is 0 Å². The van der Waals surface area contributed by atoms with Crippen molar-refractivity contribution in [1.29, 1.82) is 0 Å². The monoisotopic (exact) mass is 141 g/mol. The Balaban J connectivity index is 2.01. The van der Waals surface area contributed by atoms with E-state index in [1.165, 1.54) is 38.9 Å². The van der Waals surface area contributed by atoms with Gasteiger partial charge in [-0.25, -0.2) is 0 Å². The van der Waals surface area contributed by atoms with Crippen LogP contribution in [0.4, 0.5) is 0 Å². The quantitative estimate of drug-likeness (QED) is 0.582. The van der Waals surface area contributed by atoms with Gasteiger partial charge in [0.2, 0.25) is 0 Å². The summed E-state index contributed by atoms with van der Waals surface area (Å²) < 4.78 is 0. The van der Waals surface area contributed by atoms with Gasteiger partial charge >= 0.3 is 0 Å². The van der Waals surface area contributed by atoms with Crippen molar-refractivity contribution < 1.29 is 0 Å². The van der Waals surface area contributed by atoms with Gasteiger partial charge in [-0.05, 0) is 44.8 Å². The van der Waals surface area contributed by atoms with Gasteiger partial charge in [0.05, 0.1) is 0 Å². The van der Waals surface area contributed by atoms with Gasteiger partial charge in [-0.15, -0.1) is 0 Å². The van der Waals surface area contributed by atoms with Crippen LogP contribution in [0, 0.1) is 5.92 Å².